The van der Waals surface area contributed by atoms with Gasteiger partial charge in [0.05, 0.1) is 16.2 Å². The number of hydrogen-bond acceptors (Lipinski definition) is 4. The van der Waals surface area contributed by atoms with E-state index in [0.717, 1.165) is 0 Å². The standard InChI is InChI=1S/C14H13NO4S/c15-13-8-11(6-7-12(13)14(16)17)20(18,19)9-10-4-2-1-3-5-10/h1-8H,9,15H2,(H,16,17). The quantitative estimate of drug-likeness (QED) is 0.839. The van der Waals surface area contributed by atoms with Crippen molar-refractivity contribution in [3.63, 3.8) is 0 Å². The molecule has 2 aromatic carbocycles. The van der Waals surface area contributed by atoms with Gasteiger partial charge in [-0.2, -0.15) is 0 Å². The highest BCUT2D eigenvalue weighted by Crippen LogP contribution is 2.21. The van der Waals surface area contributed by atoms with E-state index in [1.165, 1.54) is 18.2 Å². The minimum absolute atomic E-state index is 0.0175. The maximum absolute atomic E-state index is 12.2. The molecule has 20 heavy (non-hydrogen) atoms. The van der Waals surface area contributed by atoms with Crippen LogP contribution in [0.2, 0.25) is 0 Å². The Morgan fingerprint density at radius 2 is 1.75 bits per heavy atom. The van der Waals surface area contributed by atoms with Crippen LogP contribution in [-0.2, 0) is 15.6 Å². The summed E-state index contributed by atoms with van der Waals surface area (Å²) in [6, 6.07) is 12.4. The van der Waals surface area contributed by atoms with Gasteiger partial charge >= 0.3 is 5.97 Å². The van der Waals surface area contributed by atoms with Crippen LogP contribution in [-0.4, -0.2) is 19.5 Å². The first kappa shape index (κ1) is 14.1. The number of carboxylic acids is 1. The zero-order valence-electron chi connectivity index (χ0n) is 10.5. The van der Waals surface area contributed by atoms with Crippen molar-refractivity contribution < 1.29 is 18.3 Å². The molecule has 5 nitrogen and oxygen atoms in total. The molecule has 2 rings (SSSR count). The lowest BCUT2D eigenvalue weighted by atomic mass is 10.2. The van der Waals surface area contributed by atoms with Gasteiger partial charge in [0.1, 0.15) is 0 Å². The molecular formula is C14H13NO4S. The topological polar surface area (TPSA) is 97.5 Å². The Hall–Kier alpha value is -2.34. The number of sulfone groups is 1. The van der Waals surface area contributed by atoms with Gasteiger partial charge in [-0.1, -0.05) is 30.3 Å². The number of nitrogen functional groups attached to an aromatic ring is 1. The molecule has 0 fully saturated rings. The van der Waals surface area contributed by atoms with Crippen molar-refractivity contribution in [3.8, 4) is 0 Å². The molecule has 104 valence electrons. The minimum Gasteiger partial charge on any atom is -0.478 e. The lowest BCUT2D eigenvalue weighted by Gasteiger charge is -2.07. The van der Waals surface area contributed by atoms with Gasteiger partial charge in [0.2, 0.25) is 0 Å². The summed E-state index contributed by atoms with van der Waals surface area (Å²) in [5, 5.41) is 8.87. The monoisotopic (exact) mass is 291 g/mol. The first-order chi connectivity index (χ1) is 9.40. The summed E-state index contributed by atoms with van der Waals surface area (Å²) < 4.78 is 24.5. The van der Waals surface area contributed by atoms with Crippen LogP contribution >= 0.6 is 0 Å². The molecule has 0 saturated heterocycles. The van der Waals surface area contributed by atoms with Crippen LogP contribution < -0.4 is 5.73 Å². The van der Waals surface area contributed by atoms with Crippen molar-refractivity contribution >= 4 is 21.5 Å². The number of carboxylic acid groups (broad SMARTS) is 1. The van der Waals surface area contributed by atoms with Gasteiger partial charge in [0.25, 0.3) is 0 Å². The van der Waals surface area contributed by atoms with Crippen molar-refractivity contribution in [3.05, 3.63) is 59.7 Å². The van der Waals surface area contributed by atoms with E-state index in [1.807, 2.05) is 0 Å². The molecule has 0 bridgehead atoms. The van der Waals surface area contributed by atoms with Gasteiger partial charge in [0.15, 0.2) is 9.84 Å². The Morgan fingerprint density at radius 3 is 2.30 bits per heavy atom. The first-order valence-electron chi connectivity index (χ1n) is 5.79. The van der Waals surface area contributed by atoms with Gasteiger partial charge in [-0.15, -0.1) is 0 Å². The molecule has 6 heteroatoms. The average molecular weight is 291 g/mol. The number of anilines is 1. The number of benzene rings is 2. The highest BCUT2D eigenvalue weighted by molar-refractivity contribution is 7.90. The summed E-state index contributed by atoms with van der Waals surface area (Å²) in [6.45, 7) is 0. The third kappa shape index (κ3) is 2.97. The SMILES string of the molecule is Nc1cc(S(=O)(=O)Cc2ccccc2)ccc1C(=O)O. The molecule has 0 amide bonds. The van der Waals surface area contributed by atoms with E-state index in [2.05, 4.69) is 0 Å². The summed E-state index contributed by atoms with van der Waals surface area (Å²) in [6.07, 6.45) is 0. The summed E-state index contributed by atoms with van der Waals surface area (Å²) in [4.78, 5) is 10.9. The fourth-order valence-corrected chi connectivity index (χ4v) is 3.19. The van der Waals surface area contributed by atoms with E-state index in [9.17, 15) is 13.2 Å². The maximum Gasteiger partial charge on any atom is 0.337 e. The Labute approximate surface area is 116 Å². The Kier molecular flexibility index (Phi) is 3.76. The van der Waals surface area contributed by atoms with Gasteiger partial charge in [-0.3, -0.25) is 0 Å². The van der Waals surface area contributed by atoms with Gasteiger partial charge in [-0.25, -0.2) is 13.2 Å². The lowest BCUT2D eigenvalue weighted by Crippen LogP contribution is -2.08. The molecule has 0 aliphatic heterocycles. The van der Waals surface area contributed by atoms with Crippen molar-refractivity contribution in [1.82, 2.24) is 0 Å². The molecule has 0 aliphatic carbocycles. The van der Waals surface area contributed by atoms with E-state index < -0.39 is 15.8 Å². The molecule has 0 saturated carbocycles. The Morgan fingerprint density at radius 1 is 1.10 bits per heavy atom. The van der Waals surface area contributed by atoms with Crippen molar-refractivity contribution in [2.75, 3.05) is 5.73 Å². The molecule has 0 heterocycles. The zero-order chi connectivity index (χ0) is 14.8. The van der Waals surface area contributed by atoms with Crippen LogP contribution in [0.1, 0.15) is 15.9 Å². The summed E-state index contributed by atoms with van der Waals surface area (Å²) in [5.41, 5.74) is 6.06. The van der Waals surface area contributed by atoms with E-state index in [0.29, 0.717) is 5.56 Å². The van der Waals surface area contributed by atoms with Gasteiger partial charge in [0, 0.05) is 5.69 Å². The van der Waals surface area contributed by atoms with Crippen LogP contribution in [0.15, 0.2) is 53.4 Å². The maximum atomic E-state index is 12.2. The number of hydrogen-bond donors (Lipinski definition) is 2. The second kappa shape index (κ2) is 5.34. The van der Waals surface area contributed by atoms with E-state index in [4.69, 9.17) is 10.8 Å². The number of carbonyl (C=O) groups is 1. The molecular weight excluding hydrogens is 278 g/mol. The third-order valence-electron chi connectivity index (χ3n) is 2.81. The third-order valence-corrected chi connectivity index (χ3v) is 4.50. The van der Waals surface area contributed by atoms with E-state index in [1.54, 1.807) is 30.3 Å². The van der Waals surface area contributed by atoms with E-state index in [-0.39, 0.29) is 21.9 Å². The first-order valence-corrected chi connectivity index (χ1v) is 7.45. The normalized spacial score (nSPS) is 11.2. The molecule has 2 aromatic rings. The van der Waals surface area contributed by atoms with Crippen LogP contribution in [0.4, 0.5) is 5.69 Å². The fraction of sp³-hybridized carbons (Fsp3) is 0.0714. The highest BCUT2D eigenvalue weighted by Gasteiger charge is 2.18. The molecule has 3 N–H and O–H groups in total. The van der Waals surface area contributed by atoms with Crippen molar-refractivity contribution in [2.24, 2.45) is 0 Å². The number of rotatable bonds is 4. The average Bonchev–Trinajstić information content (AvgIpc) is 2.38. The van der Waals surface area contributed by atoms with Crippen molar-refractivity contribution in [2.45, 2.75) is 10.6 Å². The predicted molar refractivity (Wildman–Crippen MR) is 75.1 cm³/mol. The zero-order valence-corrected chi connectivity index (χ0v) is 11.3. The van der Waals surface area contributed by atoms with Crippen molar-refractivity contribution in [1.29, 1.82) is 0 Å². The molecule has 0 unspecified atom stereocenters. The lowest BCUT2D eigenvalue weighted by molar-refractivity contribution is 0.0698. The second-order valence-electron chi connectivity index (χ2n) is 4.30. The Balaban J connectivity index is 2.35. The Bertz CT molecular complexity index is 739. The van der Waals surface area contributed by atoms with Crippen LogP contribution in [0, 0.1) is 0 Å². The van der Waals surface area contributed by atoms with Gasteiger partial charge < -0.3 is 10.8 Å². The summed E-state index contributed by atoms with van der Waals surface area (Å²) >= 11 is 0. The molecule has 0 radical (unpaired) electrons. The smallest absolute Gasteiger partial charge is 0.337 e. The largest absolute Gasteiger partial charge is 0.478 e. The van der Waals surface area contributed by atoms with Gasteiger partial charge in [-0.05, 0) is 23.8 Å². The van der Waals surface area contributed by atoms with Crippen LogP contribution in [0.25, 0.3) is 0 Å². The highest BCUT2D eigenvalue weighted by atomic mass is 32.2. The van der Waals surface area contributed by atoms with Crippen LogP contribution in [0.5, 0.6) is 0 Å². The molecule has 0 aliphatic rings. The number of nitrogens with two attached hydrogens (primary N) is 1. The summed E-state index contributed by atoms with van der Waals surface area (Å²) in [7, 11) is -3.55. The fourth-order valence-electron chi connectivity index (χ4n) is 1.81. The molecule has 0 spiro atoms. The molecule has 0 aromatic heterocycles. The predicted octanol–water partition coefficient (Wildman–Crippen LogP) is 1.94. The number of aromatic carboxylic acids is 1. The summed E-state index contributed by atoms with van der Waals surface area (Å²) in [5.74, 6) is -1.34. The second-order valence-corrected chi connectivity index (χ2v) is 6.29. The van der Waals surface area contributed by atoms with Crippen LogP contribution in [0.3, 0.4) is 0 Å². The minimum atomic E-state index is -3.55. The van der Waals surface area contributed by atoms with E-state index >= 15 is 0 Å². The molecule has 0 atom stereocenters.